The van der Waals surface area contributed by atoms with Crippen molar-refractivity contribution >= 4 is 34.6 Å². The minimum absolute atomic E-state index is 0.123. The Balaban J connectivity index is 2.03. The van der Waals surface area contributed by atoms with E-state index in [0.29, 0.717) is 23.5 Å². The summed E-state index contributed by atoms with van der Waals surface area (Å²) in [6.45, 7) is 0.439. The largest absolute Gasteiger partial charge is 0.478 e. The first kappa shape index (κ1) is 14.3. The summed E-state index contributed by atoms with van der Waals surface area (Å²) in [5, 5.41) is 12.1. The number of halogens is 1. The lowest BCUT2D eigenvalue weighted by molar-refractivity contribution is 0.0696. The first-order valence-corrected chi connectivity index (χ1v) is 6.84. The maximum absolute atomic E-state index is 11.0. The quantitative estimate of drug-likeness (QED) is 0.717. The number of hydrogen-bond donors (Lipinski definition) is 2. The molecule has 2 N–H and O–H groups in total. The maximum atomic E-state index is 11.0. The van der Waals surface area contributed by atoms with E-state index in [9.17, 15) is 4.79 Å². The number of fused-ring (bicyclic) bond motifs is 1. The summed E-state index contributed by atoms with van der Waals surface area (Å²) < 4.78 is 1.80. The van der Waals surface area contributed by atoms with Crippen LogP contribution < -0.4 is 5.32 Å². The molecule has 0 bridgehead atoms. The highest BCUT2D eigenvalue weighted by atomic mass is 35.5. The van der Waals surface area contributed by atoms with Crippen LogP contribution in [-0.2, 0) is 6.54 Å². The lowest BCUT2D eigenvalue weighted by Gasteiger charge is -2.06. The van der Waals surface area contributed by atoms with Gasteiger partial charge in [-0.15, -0.1) is 0 Å². The number of rotatable bonds is 4. The Morgan fingerprint density at radius 3 is 2.95 bits per heavy atom. The van der Waals surface area contributed by atoms with Gasteiger partial charge < -0.3 is 15.0 Å². The second-order valence-corrected chi connectivity index (χ2v) is 4.98. The van der Waals surface area contributed by atoms with Gasteiger partial charge in [0.05, 0.1) is 18.4 Å². The Labute approximate surface area is 130 Å². The van der Waals surface area contributed by atoms with E-state index in [1.165, 1.54) is 0 Å². The third-order valence-corrected chi connectivity index (χ3v) is 3.37. The summed E-state index contributed by atoms with van der Waals surface area (Å²) in [6, 6.07) is 6.73. The molecule has 0 spiro atoms. The monoisotopic (exact) mass is 317 g/mol. The Morgan fingerprint density at radius 1 is 1.41 bits per heavy atom. The zero-order valence-electron chi connectivity index (χ0n) is 11.6. The van der Waals surface area contributed by atoms with E-state index in [1.54, 1.807) is 36.1 Å². The molecule has 7 nitrogen and oxygen atoms in total. The number of nitrogens with one attached hydrogen (secondary N) is 1. The molecule has 0 amide bonds. The average Bonchev–Trinajstić information content (AvgIpc) is 2.89. The van der Waals surface area contributed by atoms with Gasteiger partial charge in [0.2, 0.25) is 5.28 Å². The molecule has 3 aromatic rings. The first-order chi connectivity index (χ1) is 10.6. The van der Waals surface area contributed by atoms with Crippen LogP contribution in [0.15, 0.2) is 30.6 Å². The summed E-state index contributed by atoms with van der Waals surface area (Å²) in [7, 11) is 1.73. The molecule has 112 valence electrons. The molecule has 0 aliphatic carbocycles. The van der Waals surface area contributed by atoms with Crippen molar-refractivity contribution in [2.75, 3.05) is 12.4 Å². The predicted octanol–water partition coefficient (Wildman–Crippen LogP) is 2.27. The lowest BCUT2D eigenvalue weighted by atomic mass is 10.1. The molecule has 0 aliphatic rings. The van der Waals surface area contributed by atoms with Crippen molar-refractivity contribution < 1.29 is 9.90 Å². The SMILES string of the molecule is CNc1nc(Cl)nc2c1ncn2Cc1cccc(C(=O)O)c1. The van der Waals surface area contributed by atoms with Crippen LogP contribution in [0.25, 0.3) is 11.2 Å². The smallest absolute Gasteiger partial charge is 0.335 e. The van der Waals surface area contributed by atoms with E-state index in [2.05, 4.69) is 20.3 Å². The number of carbonyl (C=O) groups is 1. The average molecular weight is 318 g/mol. The summed E-state index contributed by atoms with van der Waals surface area (Å²) in [4.78, 5) is 23.6. The van der Waals surface area contributed by atoms with Crippen LogP contribution in [0.4, 0.5) is 5.82 Å². The molecule has 2 heterocycles. The number of nitrogens with zero attached hydrogens (tertiary/aromatic N) is 4. The maximum Gasteiger partial charge on any atom is 0.335 e. The second-order valence-electron chi connectivity index (χ2n) is 4.64. The zero-order chi connectivity index (χ0) is 15.7. The van der Waals surface area contributed by atoms with Crippen molar-refractivity contribution in [2.45, 2.75) is 6.54 Å². The van der Waals surface area contributed by atoms with Crippen LogP contribution in [0.1, 0.15) is 15.9 Å². The first-order valence-electron chi connectivity index (χ1n) is 6.47. The van der Waals surface area contributed by atoms with Crippen LogP contribution in [0, 0.1) is 0 Å². The van der Waals surface area contributed by atoms with E-state index in [1.807, 2.05) is 6.07 Å². The van der Waals surface area contributed by atoms with Crippen molar-refractivity contribution in [3.8, 4) is 0 Å². The van der Waals surface area contributed by atoms with Crippen molar-refractivity contribution in [3.63, 3.8) is 0 Å². The topological polar surface area (TPSA) is 92.9 Å². The highest BCUT2D eigenvalue weighted by Gasteiger charge is 2.12. The van der Waals surface area contributed by atoms with Crippen molar-refractivity contribution in [2.24, 2.45) is 0 Å². The van der Waals surface area contributed by atoms with E-state index >= 15 is 0 Å². The fourth-order valence-electron chi connectivity index (χ4n) is 2.21. The molecule has 2 aromatic heterocycles. The van der Waals surface area contributed by atoms with E-state index < -0.39 is 5.97 Å². The van der Waals surface area contributed by atoms with Crippen LogP contribution >= 0.6 is 11.6 Å². The normalized spacial score (nSPS) is 10.8. The molecule has 8 heteroatoms. The molecule has 0 saturated carbocycles. The molecule has 0 aliphatic heterocycles. The molecule has 1 aromatic carbocycles. The minimum atomic E-state index is -0.958. The molecule has 0 radical (unpaired) electrons. The number of imidazole rings is 1. The van der Waals surface area contributed by atoms with Crippen LogP contribution in [0.5, 0.6) is 0 Å². The van der Waals surface area contributed by atoms with Gasteiger partial charge in [-0.3, -0.25) is 0 Å². The zero-order valence-corrected chi connectivity index (χ0v) is 12.4. The van der Waals surface area contributed by atoms with Gasteiger partial charge >= 0.3 is 5.97 Å². The third kappa shape index (κ3) is 2.58. The Hall–Kier alpha value is -2.67. The number of anilines is 1. The van der Waals surface area contributed by atoms with Gasteiger partial charge in [0, 0.05) is 7.05 Å². The molecule has 0 unspecified atom stereocenters. The third-order valence-electron chi connectivity index (χ3n) is 3.20. The van der Waals surface area contributed by atoms with Crippen LogP contribution in [0.2, 0.25) is 5.28 Å². The molecule has 0 saturated heterocycles. The number of aromatic nitrogens is 4. The molecular formula is C14H12ClN5O2. The van der Waals surface area contributed by atoms with Gasteiger partial charge in [0.25, 0.3) is 0 Å². The standard InChI is InChI=1S/C14H12ClN5O2/c1-16-11-10-12(19-14(15)18-11)20(7-17-10)6-8-3-2-4-9(5-8)13(21)22/h2-5,7H,6H2,1H3,(H,21,22)(H,16,18,19). The van der Waals surface area contributed by atoms with Crippen molar-refractivity contribution in [1.82, 2.24) is 19.5 Å². The molecular weight excluding hydrogens is 306 g/mol. The van der Waals surface area contributed by atoms with Gasteiger partial charge in [-0.25, -0.2) is 9.78 Å². The summed E-state index contributed by atoms with van der Waals surface area (Å²) >= 11 is 5.92. The van der Waals surface area contributed by atoms with Crippen molar-refractivity contribution in [3.05, 3.63) is 47.0 Å². The number of benzene rings is 1. The Morgan fingerprint density at radius 2 is 2.23 bits per heavy atom. The lowest BCUT2D eigenvalue weighted by Crippen LogP contribution is -2.03. The van der Waals surface area contributed by atoms with Crippen molar-refractivity contribution in [1.29, 1.82) is 0 Å². The van der Waals surface area contributed by atoms with E-state index in [0.717, 1.165) is 5.56 Å². The molecule has 0 fully saturated rings. The Kier molecular flexibility index (Phi) is 3.64. The molecule has 3 rings (SSSR count). The van der Waals surface area contributed by atoms with E-state index in [-0.39, 0.29) is 10.8 Å². The molecule has 22 heavy (non-hydrogen) atoms. The van der Waals surface area contributed by atoms with Gasteiger partial charge in [0.15, 0.2) is 17.0 Å². The Bertz CT molecular complexity index is 862. The van der Waals surface area contributed by atoms with Crippen LogP contribution in [0.3, 0.4) is 0 Å². The fourth-order valence-corrected chi connectivity index (χ4v) is 2.37. The minimum Gasteiger partial charge on any atom is -0.478 e. The highest BCUT2D eigenvalue weighted by Crippen LogP contribution is 2.21. The van der Waals surface area contributed by atoms with Gasteiger partial charge in [-0.1, -0.05) is 12.1 Å². The number of hydrogen-bond acceptors (Lipinski definition) is 5. The summed E-state index contributed by atoms with van der Waals surface area (Å²) in [5.74, 6) is -0.409. The second kappa shape index (κ2) is 5.61. The number of aromatic carboxylic acids is 1. The van der Waals surface area contributed by atoms with Gasteiger partial charge in [-0.2, -0.15) is 9.97 Å². The van der Waals surface area contributed by atoms with E-state index in [4.69, 9.17) is 16.7 Å². The van der Waals surface area contributed by atoms with Gasteiger partial charge in [0.1, 0.15) is 0 Å². The number of carboxylic acid groups (broad SMARTS) is 1. The number of carboxylic acids is 1. The molecule has 0 atom stereocenters. The van der Waals surface area contributed by atoms with Gasteiger partial charge in [-0.05, 0) is 29.3 Å². The fraction of sp³-hybridized carbons (Fsp3) is 0.143. The highest BCUT2D eigenvalue weighted by molar-refractivity contribution is 6.28. The predicted molar refractivity (Wildman–Crippen MR) is 82.4 cm³/mol. The summed E-state index contributed by atoms with van der Waals surface area (Å²) in [5.41, 5.74) is 2.27. The summed E-state index contributed by atoms with van der Waals surface area (Å²) in [6.07, 6.45) is 1.63. The van der Waals surface area contributed by atoms with Crippen LogP contribution in [-0.4, -0.2) is 37.6 Å².